The molecule has 3 heterocycles. The van der Waals surface area contributed by atoms with Crippen LogP contribution in [0.15, 0.2) is 41.6 Å². The molecule has 1 N–H and O–H groups in total. The van der Waals surface area contributed by atoms with Gasteiger partial charge in [0.1, 0.15) is 18.9 Å². The third kappa shape index (κ3) is 4.12. The Balaban J connectivity index is 1.70. The summed E-state index contributed by atoms with van der Waals surface area (Å²) < 4.78 is 41.7. The van der Waals surface area contributed by atoms with Crippen molar-refractivity contribution in [2.75, 3.05) is 5.32 Å². The van der Waals surface area contributed by atoms with Gasteiger partial charge in [0.2, 0.25) is 5.91 Å². The minimum atomic E-state index is -4.56. The number of rotatable bonds is 4. The van der Waals surface area contributed by atoms with E-state index in [4.69, 9.17) is 0 Å². The summed E-state index contributed by atoms with van der Waals surface area (Å²) in [5.74, 6) is -0.923. The van der Waals surface area contributed by atoms with Crippen LogP contribution in [0.1, 0.15) is 36.6 Å². The van der Waals surface area contributed by atoms with Crippen LogP contribution in [0.5, 0.6) is 0 Å². The van der Waals surface area contributed by atoms with E-state index in [0.29, 0.717) is 5.65 Å². The number of aromatic nitrogens is 5. The fourth-order valence-corrected chi connectivity index (χ4v) is 3.43. The Morgan fingerprint density at radius 1 is 1.24 bits per heavy atom. The smallest absolute Gasteiger partial charge is 0.323 e. The maximum atomic E-state index is 13.2. The lowest BCUT2D eigenvalue weighted by atomic mass is 10.0. The first-order chi connectivity index (χ1) is 15.6. The number of hydrogen-bond acceptors (Lipinski definition) is 6. The molecule has 0 saturated heterocycles. The molecule has 0 aliphatic carbocycles. The number of benzene rings is 1. The highest BCUT2D eigenvalue weighted by Gasteiger charge is 2.31. The van der Waals surface area contributed by atoms with Crippen molar-refractivity contribution in [3.63, 3.8) is 0 Å². The van der Waals surface area contributed by atoms with Crippen LogP contribution in [-0.2, 0) is 17.5 Å². The summed E-state index contributed by atoms with van der Waals surface area (Å²) in [7, 11) is 0. The van der Waals surface area contributed by atoms with Crippen molar-refractivity contribution in [1.82, 2.24) is 24.4 Å². The molecule has 1 aromatic carbocycles. The first kappa shape index (κ1) is 21.9. The largest absolute Gasteiger partial charge is 0.416 e. The van der Waals surface area contributed by atoms with Gasteiger partial charge in [0.05, 0.1) is 34.1 Å². The molecule has 0 aliphatic rings. The van der Waals surface area contributed by atoms with Crippen LogP contribution in [0.25, 0.3) is 16.4 Å². The highest BCUT2D eigenvalue weighted by Crippen LogP contribution is 2.32. The fourth-order valence-electron chi connectivity index (χ4n) is 3.43. The van der Waals surface area contributed by atoms with Crippen LogP contribution in [0.4, 0.5) is 18.9 Å². The molecule has 33 heavy (non-hydrogen) atoms. The van der Waals surface area contributed by atoms with E-state index in [1.54, 1.807) is 13.8 Å². The quantitative estimate of drug-likeness (QED) is 0.505. The van der Waals surface area contributed by atoms with Crippen molar-refractivity contribution < 1.29 is 18.0 Å². The lowest BCUT2D eigenvalue weighted by Gasteiger charge is -2.15. The van der Waals surface area contributed by atoms with Gasteiger partial charge < -0.3 is 5.32 Å². The highest BCUT2D eigenvalue weighted by atomic mass is 19.4. The van der Waals surface area contributed by atoms with E-state index in [0.717, 1.165) is 22.9 Å². The summed E-state index contributed by atoms with van der Waals surface area (Å²) >= 11 is 0. The van der Waals surface area contributed by atoms with Gasteiger partial charge in [0, 0.05) is 5.39 Å². The fraction of sp³-hybridized carbons (Fsp3) is 0.238. The summed E-state index contributed by atoms with van der Waals surface area (Å²) in [6.07, 6.45) is -1.85. The summed E-state index contributed by atoms with van der Waals surface area (Å²) in [4.78, 5) is 29.4. The number of anilines is 1. The summed E-state index contributed by atoms with van der Waals surface area (Å²) in [5.41, 5.74) is -0.550. The first-order valence-electron chi connectivity index (χ1n) is 9.74. The van der Waals surface area contributed by atoms with E-state index in [2.05, 4.69) is 20.5 Å². The third-order valence-electron chi connectivity index (χ3n) is 4.94. The summed E-state index contributed by atoms with van der Waals surface area (Å²) in [6, 6.07) is 6.20. The van der Waals surface area contributed by atoms with Gasteiger partial charge in [-0.25, -0.2) is 14.2 Å². The second kappa shape index (κ2) is 8.01. The van der Waals surface area contributed by atoms with E-state index < -0.39 is 29.8 Å². The standard InChI is InChI=1S/C21H16F3N7O2/c1-11(2)18-16-6-13(21(22,23)24)3-4-15(16)20(33)31(29-18)9-17(32)28-14-5-12(7-25)19-26-10-27-30(19)8-14/h3-6,8,10-11H,9H2,1-2H3,(H,28,32). The number of alkyl halides is 3. The average Bonchev–Trinajstić information content (AvgIpc) is 3.22. The molecule has 0 unspecified atom stereocenters. The van der Waals surface area contributed by atoms with Gasteiger partial charge in [-0.1, -0.05) is 13.8 Å². The first-order valence-corrected chi connectivity index (χ1v) is 9.74. The number of carbonyl (C=O) groups excluding carboxylic acids is 1. The molecule has 9 nitrogen and oxygen atoms in total. The van der Waals surface area contributed by atoms with E-state index in [9.17, 15) is 28.0 Å². The SMILES string of the molecule is CC(C)c1nn(CC(=O)Nc2cc(C#N)c3ncnn3c2)c(=O)c2ccc(C(F)(F)F)cc12. The maximum Gasteiger partial charge on any atom is 0.416 e. The van der Waals surface area contributed by atoms with E-state index >= 15 is 0 Å². The van der Waals surface area contributed by atoms with Crippen LogP contribution in [-0.4, -0.2) is 30.3 Å². The molecule has 4 aromatic rings. The molecule has 12 heteroatoms. The maximum absolute atomic E-state index is 13.2. The lowest BCUT2D eigenvalue weighted by molar-refractivity contribution is -0.137. The van der Waals surface area contributed by atoms with Crippen molar-refractivity contribution in [3.8, 4) is 6.07 Å². The second-order valence-electron chi connectivity index (χ2n) is 7.59. The molecule has 168 valence electrons. The number of pyridine rings is 1. The Bertz CT molecular complexity index is 1500. The van der Waals surface area contributed by atoms with E-state index in [1.807, 2.05) is 6.07 Å². The number of carbonyl (C=O) groups is 1. The Kier molecular flexibility index (Phi) is 5.33. The molecular formula is C21H16F3N7O2. The minimum Gasteiger partial charge on any atom is -0.323 e. The Morgan fingerprint density at radius 3 is 2.67 bits per heavy atom. The zero-order valence-corrected chi connectivity index (χ0v) is 17.4. The van der Waals surface area contributed by atoms with Gasteiger partial charge in [0.25, 0.3) is 5.56 Å². The Labute approximate surface area is 184 Å². The average molecular weight is 455 g/mol. The van der Waals surface area contributed by atoms with Gasteiger partial charge in [-0.2, -0.15) is 28.6 Å². The van der Waals surface area contributed by atoms with Crippen LogP contribution in [0, 0.1) is 11.3 Å². The predicted octanol–water partition coefficient (Wildman–Crippen LogP) is 3.09. The molecule has 4 rings (SSSR count). The van der Waals surface area contributed by atoms with Crippen molar-refractivity contribution in [3.05, 3.63) is 64.0 Å². The number of halogens is 3. The summed E-state index contributed by atoms with van der Waals surface area (Å²) in [5, 5.41) is 20.1. The molecule has 1 amide bonds. The van der Waals surface area contributed by atoms with Gasteiger partial charge in [-0.3, -0.25) is 9.59 Å². The number of nitrogens with zero attached hydrogens (tertiary/aromatic N) is 6. The van der Waals surface area contributed by atoms with Crippen molar-refractivity contribution in [1.29, 1.82) is 5.26 Å². The molecule has 0 bridgehead atoms. The number of amides is 1. The topological polar surface area (TPSA) is 118 Å². The number of nitrogens with one attached hydrogen (secondary N) is 1. The van der Waals surface area contributed by atoms with Crippen LogP contribution < -0.4 is 10.9 Å². The monoisotopic (exact) mass is 455 g/mol. The van der Waals surface area contributed by atoms with Gasteiger partial charge in [-0.05, 0) is 30.2 Å². The minimum absolute atomic E-state index is 0.0327. The molecule has 0 fully saturated rings. The van der Waals surface area contributed by atoms with Crippen molar-refractivity contribution >= 4 is 28.0 Å². The predicted molar refractivity (Wildman–Crippen MR) is 111 cm³/mol. The van der Waals surface area contributed by atoms with Crippen LogP contribution >= 0.6 is 0 Å². The third-order valence-corrected chi connectivity index (χ3v) is 4.94. The zero-order chi connectivity index (χ0) is 23.9. The number of fused-ring (bicyclic) bond motifs is 2. The van der Waals surface area contributed by atoms with Gasteiger partial charge in [0.15, 0.2) is 5.65 Å². The second-order valence-corrected chi connectivity index (χ2v) is 7.59. The molecule has 0 radical (unpaired) electrons. The number of hydrogen-bond donors (Lipinski definition) is 1. The van der Waals surface area contributed by atoms with Crippen LogP contribution in [0.2, 0.25) is 0 Å². The Hall–Kier alpha value is -4.27. The molecule has 0 spiro atoms. The van der Waals surface area contributed by atoms with Gasteiger partial charge >= 0.3 is 6.18 Å². The van der Waals surface area contributed by atoms with Crippen LogP contribution in [0.3, 0.4) is 0 Å². The Morgan fingerprint density at radius 2 is 2.00 bits per heavy atom. The summed E-state index contributed by atoms with van der Waals surface area (Å²) in [6.45, 7) is 2.98. The van der Waals surface area contributed by atoms with E-state index in [-0.39, 0.29) is 33.6 Å². The van der Waals surface area contributed by atoms with Gasteiger partial charge in [-0.15, -0.1) is 0 Å². The van der Waals surface area contributed by atoms with Crippen molar-refractivity contribution in [2.24, 2.45) is 0 Å². The molecule has 0 atom stereocenters. The number of nitriles is 1. The van der Waals surface area contributed by atoms with E-state index in [1.165, 1.54) is 23.1 Å². The molecular weight excluding hydrogens is 439 g/mol. The normalized spacial score (nSPS) is 11.8. The molecule has 0 aliphatic heterocycles. The molecule has 3 aromatic heterocycles. The van der Waals surface area contributed by atoms with Crippen molar-refractivity contribution in [2.45, 2.75) is 32.5 Å². The zero-order valence-electron chi connectivity index (χ0n) is 17.4. The lowest BCUT2D eigenvalue weighted by Crippen LogP contribution is -2.31. The highest BCUT2D eigenvalue weighted by molar-refractivity contribution is 5.91. The molecule has 0 saturated carbocycles.